The first-order valence-corrected chi connectivity index (χ1v) is 5.51. The molecule has 8 N–H and O–H groups in total. The van der Waals surface area contributed by atoms with Crippen LogP contribution < -0.4 is 0 Å². The molecule has 0 aliphatic heterocycles. The summed E-state index contributed by atoms with van der Waals surface area (Å²) in [7, 11) is 0. The maximum Gasteiger partial charge on any atom is 2.00 e. The van der Waals surface area contributed by atoms with Crippen LogP contribution in [0.4, 0.5) is 0 Å². The smallest absolute Gasteiger partial charge is 0.412 e. The third-order valence-electron chi connectivity index (χ3n) is 0. The van der Waals surface area contributed by atoms with E-state index in [1.807, 2.05) is 0 Å². The van der Waals surface area contributed by atoms with E-state index >= 15 is 0 Å². The molecule has 0 saturated heterocycles. The fraction of sp³-hybridized carbons (Fsp3) is 0.625. The maximum absolute atomic E-state index is 7.57. The van der Waals surface area contributed by atoms with E-state index in [-0.39, 0.29) is 112 Å². The summed E-state index contributed by atoms with van der Waals surface area (Å²) in [5, 5.41) is 30.3. The summed E-state index contributed by atoms with van der Waals surface area (Å²) in [6, 6.07) is 0. The van der Waals surface area contributed by atoms with Gasteiger partial charge in [-0.1, -0.05) is 0 Å². The van der Waals surface area contributed by atoms with E-state index in [1.54, 1.807) is 41.5 Å². The Labute approximate surface area is 187 Å². The number of hydrogen-bond acceptors (Lipinski definition) is 4. The van der Waals surface area contributed by atoms with Crippen molar-refractivity contribution >= 4 is 0 Å². The zero-order valence-corrected chi connectivity index (χ0v) is 24.4. The number of rotatable bonds is 0. The first kappa shape index (κ1) is 117. The van der Waals surface area contributed by atoms with Gasteiger partial charge in [0, 0.05) is 48.8 Å². The molecule has 0 aromatic heterocycles. The minimum Gasteiger partial charge on any atom is -0.412 e. The summed E-state index contributed by atoms with van der Waals surface area (Å²) in [5.74, 6) is 0. The van der Waals surface area contributed by atoms with Crippen LogP contribution in [0.3, 0.4) is 0 Å². The fourth-order valence-electron chi connectivity index (χ4n) is 0. The molecule has 0 aliphatic rings. The van der Waals surface area contributed by atoms with Gasteiger partial charge in [0.2, 0.25) is 0 Å². The summed E-state index contributed by atoms with van der Waals surface area (Å²) in [5.41, 5.74) is 0. The van der Waals surface area contributed by atoms with Crippen LogP contribution in [0.25, 0.3) is 0 Å². The quantitative estimate of drug-likeness (QED) is 0.286. The van der Waals surface area contributed by atoms with Crippen molar-refractivity contribution in [1.82, 2.24) is 0 Å². The van der Waals surface area contributed by atoms with Crippen molar-refractivity contribution in [2.24, 2.45) is 0 Å². The molecule has 0 atom stereocenters. The Morgan fingerprint density at radius 2 is 0.500 bits per heavy atom. The molecule has 6 nitrogen and oxygen atoms in total. The van der Waals surface area contributed by atoms with Gasteiger partial charge in [-0.25, -0.2) is 0 Å². The normalized spacial score (nSPS) is 3.50. The summed E-state index contributed by atoms with van der Waals surface area (Å²) in [6.45, 7) is 17.7. The van der Waals surface area contributed by atoms with Gasteiger partial charge in [0.15, 0.2) is 0 Å². The second kappa shape index (κ2) is 477. The molecule has 164 valence electrons. The van der Waals surface area contributed by atoms with E-state index in [4.69, 9.17) is 20.4 Å². The summed E-state index contributed by atoms with van der Waals surface area (Å²) >= 11 is 0. The van der Waals surface area contributed by atoms with Gasteiger partial charge < -0.3 is 74.9 Å². The zero-order valence-electron chi connectivity index (χ0n) is 17.9. The number of aliphatic hydroxyl groups excluding tert-OH is 4. The molecule has 0 rings (SSSR count). The Morgan fingerprint density at radius 1 is 0.500 bits per heavy atom. The van der Waals surface area contributed by atoms with Crippen LogP contribution in [-0.2, 0) is 44.8 Å². The van der Waals surface area contributed by atoms with Crippen molar-refractivity contribution in [3.8, 4) is 0 Å². The minimum absolute atomic E-state index is 0. The van der Waals surface area contributed by atoms with Crippen molar-refractivity contribution in [2.75, 3.05) is 26.4 Å². The fourth-order valence-corrected chi connectivity index (χ4v) is 0. The molecule has 0 amide bonds. The standard InChI is InChI=1S/4C2H6O.2C2H5.4CH3.2H2O.2Ta/c4*1-2-3;2*1-2;;;;;;;;/h4*3H,2H2,1H3;2*1H2,2H3;4*1H3;2*1H2;;/q;;;;6*-1;;;;+2. The third kappa shape index (κ3) is 7470. The molecule has 0 heterocycles. The second-order valence-corrected chi connectivity index (χ2v) is 1.26. The van der Waals surface area contributed by atoms with Gasteiger partial charge >= 0.3 is 22.4 Å². The first-order chi connectivity index (χ1) is 7.66. The van der Waals surface area contributed by atoms with Crippen LogP contribution in [0.2, 0.25) is 0 Å². The van der Waals surface area contributed by atoms with Crippen molar-refractivity contribution in [3.63, 3.8) is 0 Å². The van der Waals surface area contributed by atoms with Crippen LogP contribution in [0, 0.1) is 43.6 Å². The molecule has 0 aliphatic carbocycles. The molecule has 0 fully saturated rings. The second-order valence-electron chi connectivity index (χ2n) is 1.26. The monoisotopic (exact) mass is 700 g/mol. The maximum atomic E-state index is 7.57. The van der Waals surface area contributed by atoms with Crippen molar-refractivity contribution in [1.29, 1.82) is 0 Å². The SMILES string of the molecule is CCO.CCO.CCO.CCO.O.O.[CH2-]C.[CH2-]C.[CH3-].[CH3-].[CH3-].[CH3-].[Ta+2].[Ta]. The molecule has 0 spiro atoms. The molecule has 0 bridgehead atoms. The average molecular weight is 700 g/mol. The van der Waals surface area contributed by atoms with E-state index in [0.717, 1.165) is 0 Å². The minimum atomic E-state index is 0. The topological polar surface area (TPSA) is 144 Å². The Balaban J connectivity index is -0.00000000393. The molecule has 8 heteroatoms. The molecular weight excluding hydrogens is 650 g/mol. The van der Waals surface area contributed by atoms with Gasteiger partial charge in [-0.2, -0.15) is 13.8 Å². The third-order valence-corrected chi connectivity index (χ3v) is 0. The Morgan fingerprint density at radius 3 is 0.500 bits per heavy atom. The van der Waals surface area contributed by atoms with Crippen LogP contribution >= 0.6 is 0 Å². The molecular formula is C16H50O6Ta2-4. The van der Waals surface area contributed by atoms with E-state index < -0.39 is 0 Å². The predicted molar refractivity (Wildman–Crippen MR) is 106 cm³/mol. The van der Waals surface area contributed by atoms with Gasteiger partial charge in [0.1, 0.15) is 0 Å². The predicted octanol–water partition coefficient (Wildman–Crippen LogP) is 1.82. The first-order valence-electron chi connectivity index (χ1n) is 5.51. The van der Waals surface area contributed by atoms with Crippen molar-refractivity contribution < 1.29 is 76.1 Å². The van der Waals surface area contributed by atoms with E-state index in [2.05, 4.69) is 13.8 Å². The Kier molecular flexibility index (Phi) is 2330. The molecule has 0 saturated carbocycles. The van der Waals surface area contributed by atoms with Gasteiger partial charge in [-0.15, -0.1) is 0 Å². The molecule has 0 aromatic rings. The van der Waals surface area contributed by atoms with Crippen LogP contribution in [0.15, 0.2) is 0 Å². The zero-order chi connectivity index (χ0) is 14.8. The van der Waals surface area contributed by atoms with Gasteiger partial charge in [-0.05, 0) is 27.7 Å². The average Bonchev–Trinajstić information content (AvgIpc) is 2.27. The van der Waals surface area contributed by atoms with Crippen LogP contribution in [-0.4, -0.2) is 57.8 Å². The Bertz CT molecular complexity index is 36.5. The Hall–Kier alpha value is 1.24. The van der Waals surface area contributed by atoms with Gasteiger partial charge in [-0.3, -0.25) is 0 Å². The summed E-state index contributed by atoms with van der Waals surface area (Å²) in [6.07, 6.45) is 0. The van der Waals surface area contributed by atoms with Crippen molar-refractivity contribution in [3.05, 3.63) is 43.6 Å². The molecule has 0 unspecified atom stereocenters. The van der Waals surface area contributed by atoms with Gasteiger partial charge in [0.05, 0.1) is 0 Å². The van der Waals surface area contributed by atoms with Crippen LogP contribution in [0.1, 0.15) is 41.5 Å². The molecule has 2 radical (unpaired) electrons. The van der Waals surface area contributed by atoms with Crippen LogP contribution in [0.5, 0.6) is 0 Å². The van der Waals surface area contributed by atoms with E-state index in [9.17, 15) is 0 Å². The van der Waals surface area contributed by atoms with E-state index in [1.165, 1.54) is 0 Å². The van der Waals surface area contributed by atoms with E-state index in [0.29, 0.717) is 0 Å². The summed E-state index contributed by atoms with van der Waals surface area (Å²) in [4.78, 5) is 0. The number of hydrogen-bond donors (Lipinski definition) is 4. The van der Waals surface area contributed by atoms with Gasteiger partial charge in [0.25, 0.3) is 0 Å². The molecule has 0 aromatic carbocycles. The largest absolute Gasteiger partial charge is 2.00 e. The van der Waals surface area contributed by atoms with Crippen molar-refractivity contribution in [2.45, 2.75) is 41.5 Å². The molecule has 24 heavy (non-hydrogen) atoms. The summed E-state index contributed by atoms with van der Waals surface area (Å²) < 4.78 is 0. The number of aliphatic hydroxyl groups is 4.